The van der Waals surface area contributed by atoms with E-state index in [1.807, 2.05) is 12.1 Å². The van der Waals surface area contributed by atoms with Crippen molar-refractivity contribution < 1.29 is 0 Å². The zero-order valence-electron chi connectivity index (χ0n) is 10.5. The molecule has 0 bridgehead atoms. The molecule has 1 aromatic carbocycles. The number of hydrogen-bond donors (Lipinski definition) is 1. The first kappa shape index (κ1) is 13.5. The molecule has 2 unspecified atom stereocenters. The highest BCUT2D eigenvalue weighted by atomic mass is 35.5. The van der Waals surface area contributed by atoms with Gasteiger partial charge in [0, 0.05) is 11.1 Å². The minimum absolute atomic E-state index is 0.565. The van der Waals surface area contributed by atoms with E-state index in [1.54, 1.807) is 0 Å². The first-order valence-corrected chi connectivity index (χ1v) is 6.49. The molecule has 0 aliphatic carbocycles. The van der Waals surface area contributed by atoms with Gasteiger partial charge < -0.3 is 5.32 Å². The van der Waals surface area contributed by atoms with Gasteiger partial charge in [0.15, 0.2) is 0 Å². The van der Waals surface area contributed by atoms with Gasteiger partial charge in [0.05, 0.1) is 0 Å². The third kappa shape index (κ3) is 4.54. The molecule has 0 heterocycles. The number of rotatable bonds is 6. The topological polar surface area (TPSA) is 12.0 Å². The van der Waals surface area contributed by atoms with Crippen LogP contribution in [-0.4, -0.2) is 12.6 Å². The van der Waals surface area contributed by atoms with Crippen LogP contribution >= 0.6 is 11.6 Å². The van der Waals surface area contributed by atoms with Gasteiger partial charge in [-0.25, -0.2) is 0 Å². The van der Waals surface area contributed by atoms with Crippen LogP contribution in [0.1, 0.15) is 32.8 Å². The zero-order valence-corrected chi connectivity index (χ0v) is 11.2. The predicted octanol–water partition coefficient (Wildman–Crippen LogP) is 3.91. The molecule has 0 fully saturated rings. The number of nitrogens with one attached hydrogen (secondary N) is 1. The van der Waals surface area contributed by atoms with Crippen LogP contribution in [0.2, 0.25) is 5.02 Å². The summed E-state index contributed by atoms with van der Waals surface area (Å²) in [5.41, 5.74) is 1.36. The van der Waals surface area contributed by atoms with Crippen molar-refractivity contribution in [3.63, 3.8) is 0 Å². The molecule has 0 aromatic heterocycles. The van der Waals surface area contributed by atoms with Gasteiger partial charge in [0.1, 0.15) is 0 Å². The van der Waals surface area contributed by atoms with E-state index in [0.29, 0.717) is 12.0 Å². The van der Waals surface area contributed by atoms with Crippen molar-refractivity contribution in [2.45, 2.75) is 39.7 Å². The Balaban J connectivity index is 2.43. The molecule has 1 nitrogen and oxygen atoms in total. The van der Waals surface area contributed by atoms with Gasteiger partial charge >= 0.3 is 0 Å². The van der Waals surface area contributed by atoms with E-state index in [9.17, 15) is 0 Å². The van der Waals surface area contributed by atoms with E-state index in [2.05, 4.69) is 38.2 Å². The highest BCUT2D eigenvalue weighted by Crippen LogP contribution is 2.15. The summed E-state index contributed by atoms with van der Waals surface area (Å²) in [5, 5.41) is 4.35. The van der Waals surface area contributed by atoms with Crippen LogP contribution in [0, 0.1) is 5.92 Å². The molecule has 2 atom stereocenters. The highest BCUT2D eigenvalue weighted by molar-refractivity contribution is 6.30. The molecule has 0 saturated heterocycles. The summed E-state index contributed by atoms with van der Waals surface area (Å²) in [6.07, 6.45) is 2.30. The minimum Gasteiger partial charge on any atom is -0.314 e. The lowest BCUT2D eigenvalue weighted by Gasteiger charge is -2.21. The van der Waals surface area contributed by atoms with Crippen molar-refractivity contribution >= 4 is 11.6 Å². The largest absolute Gasteiger partial charge is 0.314 e. The quantitative estimate of drug-likeness (QED) is 0.794. The molecular formula is C14H22ClN. The standard InChI is InChI=1S/C14H22ClN/c1-4-9-16-12(3)11(2)10-13-5-7-14(15)8-6-13/h5-8,11-12,16H,4,9-10H2,1-3H3. The summed E-state index contributed by atoms with van der Waals surface area (Å²) in [6, 6.07) is 8.73. The van der Waals surface area contributed by atoms with Gasteiger partial charge in [-0.2, -0.15) is 0 Å². The number of benzene rings is 1. The van der Waals surface area contributed by atoms with Crippen LogP contribution in [0.15, 0.2) is 24.3 Å². The van der Waals surface area contributed by atoms with Crippen molar-refractivity contribution in [3.8, 4) is 0 Å². The van der Waals surface area contributed by atoms with Crippen molar-refractivity contribution in [3.05, 3.63) is 34.9 Å². The second-order valence-corrected chi connectivity index (χ2v) is 4.99. The molecule has 0 saturated carbocycles. The highest BCUT2D eigenvalue weighted by Gasteiger charge is 2.11. The SMILES string of the molecule is CCCNC(C)C(C)Cc1ccc(Cl)cc1. The molecule has 0 aliphatic heterocycles. The Morgan fingerprint density at radius 2 is 1.81 bits per heavy atom. The van der Waals surface area contributed by atoms with Crippen molar-refractivity contribution in [2.75, 3.05) is 6.54 Å². The molecular weight excluding hydrogens is 218 g/mol. The average molecular weight is 240 g/mol. The van der Waals surface area contributed by atoms with Crippen LogP contribution in [0.25, 0.3) is 0 Å². The summed E-state index contributed by atoms with van der Waals surface area (Å²) in [4.78, 5) is 0. The molecule has 90 valence electrons. The van der Waals surface area contributed by atoms with Crippen LogP contribution in [-0.2, 0) is 6.42 Å². The lowest BCUT2D eigenvalue weighted by molar-refractivity contribution is 0.399. The van der Waals surface area contributed by atoms with Crippen molar-refractivity contribution in [2.24, 2.45) is 5.92 Å². The van der Waals surface area contributed by atoms with Gasteiger partial charge in [-0.05, 0) is 49.9 Å². The fraction of sp³-hybridized carbons (Fsp3) is 0.571. The summed E-state index contributed by atoms with van der Waals surface area (Å²) in [7, 11) is 0. The summed E-state index contributed by atoms with van der Waals surface area (Å²) in [6.45, 7) is 7.86. The summed E-state index contributed by atoms with van der Waals surface area (Å²) >= 11 is 5.87. The van der Waals surface area contributed by atoms with E-state index in [-0.39, 0.29) is 0 Å². The van der Waals surface area contributed by atoms with Crippen LogP contribution in [0.4, 0.5) is 0 Å². The van der Waals surface area contributed by atoms with Gasteiger partial charge in [-0.15, -0.1) is 0 Å². The fourth-order valence-electron chi connectivity index (χ4n) is 1.74. The smallest absolute Gasteiger partial charge is 0.0406 e. The maximum atomic E-state index is 5.87. The van der Waals surface area contributed by atoms with Gasteiger partial charge in [-0.1, -0.05) is 37.6 Å². The average Bonchev–Trinajstić information content (AvgIpc) is 2.29. The van der Waals surface area contributed by atoms with E-state index in [0.717, 1.165) is 18.0 Å². The maximum absolute atomic E-state index is 5.87. The monoisotopic (exact) mass is 239 g/mol. The Kier molecular flexibility index (Phi) is 5.86. The zero-order chi connectivity index (χ0) is 12.0. The summed E-state index contributed by atoms with van der Waals surface area (Å²) in [5.74, 6) is 0.646. The van der Waals surface area contributed by atoms with E-state index < -0.39 is 0 Å². The van der Waals surface area contributed by atoms with Gasteiger partial charge in [0.2, 0.25) is 0 Å². The second-order valence-electron chi connectivity index (χ2n) is 4.55. The van der Waals surface area contributed by atoms with Crippen LogP contribution in [0.3, 0.4) is 0 Å². The fourth-order valence-corrected chi connectivity index (χ4v) is 1.87. The van der Waals surface area contributed by atoms with Crippen molar-refractivity contribution in [1.82, 2.24) is 5.32 Å². The second kappa shape index (κ2) is 6.93. The Morgan fingerprint density at radius 3 is 2.38 bits per heavy atom. The van der Waals surface area contributed by atoms with E-state index in [1.165, 1.54) is 12.0 Å². The Morgan fingerprint density at radius 1 is 1.19 bits per heavy atom. The molecule has 1 rings (SSSR count). The van der Waals surface area contributed by atoms with Gasteiger partial charge in [-0.3, -0.25) is 0 Å². The molecule has 2 heteroatoms. The van der Waals surface area contributed by atoms with Crippen LogP contribution in [0.5, 0.6) is 0 Å². The van der Waals surface area contributed by atoms with E-state index in [4.69, 9.17) is 11.6 Å². The number of halogens is 1. The minimum atomic E-state index is 0.565. The predicted molar refractivity (Wildman–Crippen MR) is 72.1 cm³/mol. The first-order chi connectivity index (χ1) is 7.63. The maximum Gasteiger partial charge on any atom is 0.0406 e. The lowest BCUT2D eigenvalue weighted by atomic mass is 9.95. The Hall–Kier alpha value is -0.530. The molecule has 0 radical (unpaired) electrons. The number of hydrogen-bond acceptors (Lipinski definition) is 1. The molecule has 16 heavy (non-hydrogen) atoms. The van der Waals surface area contributed by atoms with Crippen molar-refractivity contribution in [1.29, 1.82) is 0 Å². The lowest BCUT2D eigenvalue weighted by Crippen LogP contribution is -2.33. The van der Waals surface area contributed by atoms with Crippen LogP contribution < -0.4 is 5.32 Å². The van der Waals surface area contributed by atoms with E-state index >= 15 is 0 Å². The molecule has 0 spiro atoms. The summed E-state index contributed by atoms with van der Waals surface area (Å²) < 4.78 is 0. The van der Waals surface area contributed by atoms with Gasteiger partial charge in [0.25, 0.3) is 0 Å². The molecule has 1 aromatic rings. The normalized spacial score (nSPS) is 14.8. The third-order valence-corrected chi connectivity index (χ3v) is 3.29. The Labute approximate surface area is 104 Å². The molecule has 0 amide bonds. The molecule has 1 N–H and O–H groups in total. The molecule has 0 aliphatic rings. The third-order valence-electron chi connectivity index (χ3n) is 3.04. The Bertz CT molecular complexity index is 294. The first-order valence-electron chi connectivity index (χ1n) is 6.11.